The van der Waals surface area contributed by atoms with E-state index in [1.54, 1.807) is 6.21 Å². The molecule has 0 saturated heterocycles. The lowest BCUT2D eigenvalue weighted by Crippen LogP contribution is -2.01. The van der Waals surface area contributed by atoms with E-state index in [4.69, 9.17) is 4.84 Å². The van der Waals surface area contributed by atoms with Crippen molar-refractivity contribution in [3.63, 3.8) is 0 Å². The van der Waals surface area contributed by atoms with Crippen molar-refractivity contribution in [3.05, 3.63) is 47.8 Å². The summed E-state index contributed by atoms with van der Waals surface area (Å²) in [6, 6.07) is 11.6. The van der Waals surface area contributed by atoms with E-state index in [-0.39, 0.29) is 0 Å². The lowest BCUT2D eigenvalue weighted by molar-refractivity contribution is 0.160. The fraction of sp³-hybridized carbons (Fsp3) is 0.214. The van der Waals surface area contributed by atoms with Gasteiger partial charge >= 0.3 is 0 Å². The molecule has 0 unspecified atom stereocenters. The van der Waals surface area contributed by atoms with Crippen molar-refractivity contribution in [1.29, 1.82) is 0 Å². The van der Waals surface area contributed by atoms with Crippen LogP contribution in [-0.4, -0.2) is 22.8 Å². The van der Waals surface area contributed by atoms with Gasteiger partial charge in [0.05, 0.1) is 11.9 Å². The molecule has 0 aliphatic rings. The van der Waals surface area contributed by atoms with Crippen LogP contribution in [0.4, 0.5) is 11.6 Å². The van der Waals surface area contributed by atoms with Crippen molar-refractivity contribution in [2.24, 2.45) is 5.16 Å². The van der Waals surface area contributed by atoms with Crippen LogP contribution in [0.25, 0.3) is 0 Å². The first-order valence-electron chi connectivity index (χ1n) is 6.11. The molecule has 2 rings (SSSR count). The summed E-state index contributed by atoms with van der Waals surface area (Å²) >= 11 is 0. The quantitative estimate of drug-likeness (QED) is 0.660. The Hall–Kier alpha value is -2.43. The molecule has 0 bridgehead atoms. The molecule has 0 saturated carbocycles. The summed E-state index contributed by atoms with van der Waals surface area (Å²) in [4.78, 5) is 13.6. The largest absolute Gasteiger partial charge is 0.396 e. The Bertz CT molecular complexity index is 555. The van der Waals surface area contributed by atoms with Crippen molar-refractivity contribution in [1.82, 2.24) is 9.97 Å². The monoisotopic (exact) mass is 256 g/mol. The van der Waals surface area contributed by atoms with E-state index in [1.807, 2.05) is 50.2 Å². The van der Waals surface area contributed by atoms with Crippen LogP contribution in [0.1, 0.15) is 18.3 Å². The van der Waals surface area contributed by atoms with Gasteiger partial charge in [0.25, 0.3) is 0 Å². The Labute approximate surface area is 112 Å². The van der Waals surface area contributed by atoms with Gasteiger partial charge in [-0.05, 0) is 32.0 Å². The van der Waals surface area contributed by atoms with Gasteiger partial charge in [0.2, 0.25) is 5.95 Å². The summed E-state index contributed by atoms with van der Waals surface area (Å²) in [5.41, 5.74) is 2.52. The number of benzene rings is 1. The Balaban J connectivity index is 2.17. The number of rotatable bonds is 5. The number of nitrogens with zero attached hydrogens (tertiary/aromatic N) is 3. The van der Waals surface area contributed by atoms with Crippen molar-refractivity contribution < 1.29 is 4.84 Å². The second-order valence-electron chi connectivity index (χ2n) is 3.90. The van der Waals surface area contributed by atoms with Gasteiger partial charge in [0.15, 0.2) is 0 Å². The van der Waals surface area contributed by atoms with Crippen LogP contribution in [0.15, 0.2) is 41.6 Å². The molecule has 2 aromatic rings. The van der Waals surface area contributed by atoms with Gasteiger partial charge in [-0.2, -0.15) is 0 Å². The number of nitrogens with one attached hydrogen (secondary N) is 1. The van der Waals surface area contributed by atoms with Crippen LogP contribution >= 0.6 is 0 Å². The van der Waals surface area contributed by atoms with Gasteiger partial charge < -0.3 is 10.2 Å². The molecule has 1 N–H and O–H groups in total. The number of aryl methyl sites for hydroxylation is 1. The summed E-state index contributed by atoms with van der Waals surface area (Å²) in [6.07, 6.45) is 1.58. The zero-order valence-corrected chi connectivity index (χ0v) is 11.0. The zero-order chi connectivity index (χ0) is 13.5. The van der Waals surface area contributed by atoms with Crippen molar-refractivity contribution in [2.45, 2.75) is 13.8 Å². The standard InChI is InChI=1S/C14H16N4O/c1-3-19-15-10-13-9-11(2)16-14(18-13)17-12-7-5-4-6-8-12/h4-10H,3H2,1-2H3,(H,16,17,18). The van der Waals surface area contributed by atoms with Crippen LogP contribution in [0.3, 0.4) is 0 Å². The van der Waals surface area contributed by atoms with E-state index in [1.165, 1.54) is 0 Å². The maximum absolute atomic E-state index is 4.92. The minimum atomic E-state index is 0.537. The summed E-state index contributed by atoms with van der Waals surface area (Å²) < 4.78 is 0. The number of para-hydroxylation sites is 1. The third-order valence-electron chi connectivity index (χ3n) is 2.29. The van der Waals surface area contributed by atoms with Crippen LogP contribution in [0.2, 0.25) is 0 Å². The first-order valence-corrected chi connectivity index (χ1v) is 6.11. The molecule has 0 spiro atoms. The van der Waals surface area contributed by atoms with Crippen molar-refractivity contribution in [2.75, 3.05) is 11.9 Å². The number of hydrogen-bond acceptors (Lipinski definition) is 5. The number of hydrogen-bond donors (Lipinski definition) is 1. The molecule has 98 valence electrons. The average Bonchev–Trinajstić information content (AvgIpc) is 2.39. The van der Waals surface area contributed by atoms with E-state index in [2.05, 4.69) is 20.4 Å². The Kier molecular flexibility index (Phi) is 4.44. The molecule has 1 heterocycles. The van der Waals surface area contributed by atoms with Crippen molar-refractivity contribution >= 4 is 17.9 Å². The summed E-state index contributed by atoms with van der Waals surface area (Å²) in [5, 5.41) is 6.96. The summed E-state index contributed by atoms with van der Waals surface area (Å²) in [5.74, 6) is 0.546. The predicted octanol–water partition coefficient (Wildman–Crippen LogP) is 2.90. The summed E-state index contributed by atoms with van der Waals surface area (Å²) in [7, 11) is 0. The van der Waals surface area contributed by atoms with E-state index >= 15 is 0 Å². The molecule has 5 nitrogen and oxygen atoms in total. The van der Waals surface area contributed by atoms with Gasteiger partial charge in [-0.3, -0.25) is 0 Å². The highest BCUT2D eigenvalue weighted by molar-refractivity contribution is 5.77. The second-order valence-corrected chi connectivity index (χ2v) is 3.90. The highest BCUT2D eigenvalue weighted by atomic mass is 16.6. The van der Waals surface area contributed by atoms with E-state index in [0.29, 0.717) is 18.2 Å². The highest BCUT2D eigenvalue weighted by Crippen LogP contribution is 2.12. The Morgan fingerprint density at radius 3 is 2.79 bits per heavy atom. The van der Waals surface area contributed by atoms with Gasteiger partial charge in [-0.1, -0.05) is 23.4 Å². The molecule has 0 radical (unpaired) electrons. The van der Waals surface area contributed by atoms with E-state index in [0.717, 1.165) is 11.4 Å². The predicted molar refractivity (Wildman–Crippen MR) is 75.7 cm³/mol. The number of aromatic nitrogens is 2. The van der Waals surface area contributed by atoms with Gasteiger partial charge in [0, 0.05) is 11.4 Å². The van der Waals surface area contributed by atoms with Gasteiger partial charge in [-0.15, -0.1) is 0 Å². The minimum Gasteiger partial charge on any atom is -0.396 e. The first kappa shape index (κ1) is 13.0. The fourth-order valence-electron chi connectivity index (χ4n) is 1.53. The third kappa shape index (κ3) is 4.06. The maximum Gasteiger partial charge on any atom is 0.228 e. The minimum absolute atomic E-state index is 0.537. The van der Waals surface area contributed by atoms with Crippen LogP contribution in [0.5, 0.6) is 0 Å². The fourth-order valence-corrected chi connectivity index (χ4v) is 1.53. The van der Waals surface area contributed by atoms with Crippen LogP contribution in [-0.2, 0) is 4.84 Å². The van der Waals surface area contributed by atoms with E-state index < -0.39 is 0 Å². The Morgan fingerprint density at radius 2 is 2.05 bits per heavy atom. The molecule has 1 aromatic carbocycles. The smallest absolute Gasteiger partial charge is 0.228 e. The number of oxime groups is 1. The molecule has 19 heavy (non-hydrogen) atoms. The zero-order valence-electron chi connectivity index (χ0n) is 11.0. The van der Waals surface area contributed by atoms with Gasteiger partial charge in [-0.25, -0.2) is 9.97 Å². The maximum atomic E-state index is 4.92. The molecule has 5 heteroatoms. The lowest BCUT2D eigenvalue weighted by atomic mass is 10.3. The summed E-state index contributed by atoms with van der Waals surface area (Å²) in [6.45, 7) is 4.33. The molecule has 0 aliphatic heterocycles. The Morgan fingerprint density at radius 1 is 1.26 bits per heavy atom. The SMILES string of the molecule is CCON=Cc1cc(C)nc(Nc2ccccc2)n1. The molecular formula is C14H16N4O. The van der Waals surface area contributed by atoms with Gasteiger partial charge in [0.1, 0.15) is 6.61 Å². The van der Waals surface area contributed by atoms with Crippen LogP contribution < -0.4 is 5.32 Å². The second kappa shape index (κ2) is 6.49. The molecule has 0 amide bonds. The number of anilines is 2. The first-order chi connectivity index (χ1) is 9.28. The lowest BCUT2D eigenvalue weighted by Gasteiger charge is -2.06. The highest BCUT2D eigenvalue weighted by Gasteiger charge is 2.01. The topological polar surface area (TPSA) is 59.4 Å². The average molecular weight is 256 g/mol. The molecule has 0 aliphatic carbocycles. The third-order valence-corrected chi connectivity index (χ3v) is 2.29. The molecule has 1 aromatic heterocycles. The normalized spacial score (nSPS) is 10.6. The van der Waals surface area contributed by atoms with E-state index in [9.17, 15) is 0 Å². The van der Waals surface area contributed by atoms with Crippen LogP contribution in [0, 0.1) is 6.92 Å². The molecular weight excluding hydrogens is 240 g/mol. The molecule has 0 atom stereocenters. The van der Waals surface area contributed by atoms with Crippen molar-refractivity contribution in [3.8, 4) is 0 Å². The molecule has 0 fully saturated rings.